The van der Waals surface area contributed by atoms with Crippen LogP contribution in [0.5, 0.6) is 0 Å². The van der Waals surface area contributed by atoms with E-state index in [-0.39, 0.29) is 6.54 Å². The summed E-state index contributed by atoms with van der Waals surface area (Å²) in [6, 6.07) is 7.77. The van der Waals surface area contributed by atoms with E-state index in [9.17, 15) is 12.8 Å². The first kappa shape index (κ1) is 13.6. The van der Waals surface area contributed by atoms with Crippen molar-refractivity contribution in [3.8, 4) is 0 Å². The highest BCUT2D eigenvalue weighted by molar-refractivity contribution is 7.89. The molecule has 7 heteroatoms. The first-order valence-corrected chi connectivity index (χ1v) is 7.08. The predicted molar refractivity (Wildman–Crippen MR) is 67.3 cm³/mol. The minimum atomic E-state index is -3.92. The van der Waals surface area contributed by atoms with Gasteiger partial charge in [0.05, 0.1) is 0 Å². The molecule has 2 heterocycles. The highest BCUT2D eigenvalue weighted by atomic mass is 32.2. The highest BCUT2D eigenvalue weighted by Gasteiger charge is 2.19. The Balaban J connectivity index is 2.01. The largest absolute Gasteiger partial charge is 0.261 e. The van der Waals surface area contributed by atoms with E-state index >= 15 is 0 Å². The average Bonchev–Trinajstić information content (AvgIpc) is 2.40. The van der Waals surface area contributed by atoms with Crippen LogP contribution in [0.4, 0.5) is 4.39 Å². The Kier molecular flexibility index (Phi) is 4.18. The molecule has 0 aliphatic carbocycles. The summed E-state index contributed by atoms with van der Waals surface area (Å²) >= 11 is 0. The molecule has 5 nitrogen and oxygen atoms in total. The van der Waals surface area contributed by atoms with Crippen LogP contribution in [0.3, 0.4) is 0 Å². The minimum Gasteiger partial charge on any atom is -0.261 e. The van der Waals surface area contributed by atoms with Gasteiger partial charge in [-0.1, -0.05) is 6.07 Å². The lowest BCUT2D eigenvalue weighted by molar-refractivity contribution is 0.544. The Morgan fingerprint density at radius 1 is 1.11 bits per heavy atom. The van der Waals surface area contributed by atoms with Crippen LogP contribution in [0.25, 0.3) is 0 Å². The molecular weight excluding hydrogens is 269 g/mol. The number of pyridine rings is 2. The van der Waals surface area contributed by atoms with Crippen molar-refractivity contribution in [3.63, 3.8) is 0 Å². The molecule has 0 bridgehead atoms. The molecule has 0 saturated carbocycles. The SMILES string of the molecule is O=S(=O)(NCCc1ccccn1)c1ncccc1F. The maximum Gasteiger partial charge on any atom is 0.261 e. The zero-order valence-corrected chi connectivity index (χ0v) is 10.8. The summed E-state index contributed by atoms with van der Waals surface area (Å²) in [5, 5.41) is -0.587. The summed E-state index contributed by atoms with van der Waals surface area (Å²) in [4.78, 5) is 7.60. The van der Waals surface area contributed by atoms with E-state index in [1.54, 1.807) is 18.3 Å². The van der Waals surface area contributed by atoms with Crippen molar-refractivity contribution in [1.82, 2.24) is 14.7 Å². The van der Waals surface area contributed by atoms with Gasteiger partial charge < -0.3 is 0 Å². The Hall–Kier alpha value is -1.86. The Bertz CT molecular complexity index is 647. The quantitative estimate of drug-likeness (QED) is 0.892. The van der Waals surface area contributed by atoms with Crippen molar-refractivity contribution >= 4 is 10.0 Å². The van der Waals surface area contributed by atoms with Gasteiger partial charge >= 0.3 is 0 Å². The lowest BCUT2D eigenvalue weighted by atomic mass is 10.3. The van der Waals surface area contributed by atoms with E-state index in [1.807, 2.05) is 6.07 Å². The van der Waals surface area contributed by atoms with Gasteiger partial charge in [0, 0.05) is 31.1 Å². The molecule has 1 N–H and O–H groups in total. The van der Waals surface area contributed by atoms with Gasteiger partial charge in [0.15, 0.2) is 5.82 Å². The van der Waals surface area contributed by atoms with Crippen molar-refractivity contribution in [1.29, 1.82) is 0 Å². The molecule has 2 aromatic heterocycles. The molecule has 19 heavy (non-hydrogen) atoms. The third kappa shape index (κ3) is 3.55. The van der Waals surface area contributed by atoms with Gasteiger partial charge in [-0.15, -0.1) is 0 Å². The monoisotopic (exact) mass is 281 g/mol. The summed E-state index contributed by atoms with van der Waals surface area (Å²) < 4.78 is 39.3. The number of sulfonamides is 1. The average molecular weight is 281 g/mol. The van der Waals surface area contributed by atoms with E-state index in [0.29, 0.717) is 6.42 Å². The predicted octanol–water partition coefficient (Wildman–Crippen LogP) is 1.14. The fourth-order valence-corrected chi connectivity index (χ4v) is 2.53. The normalized spacial score (nSPS) is 11.4. The Morgan fingerprint density at radius 2 is 1.89 bits per heavy atom. The van der Waals surface area contributed by atoms with E-state index < -0.39 is 20.9 Å². The summed E-state index contributed by atoms with van der Waals surface area (Å²) in [6.07, 6.45) is 3.28. The van der Waals surface area contributed by atoms with Gasteiger partial charge in [0.25, 0.3) is 10.0 Å². The highest BCUT2D eigenvalue weighted by Crippen LogP contribution is 2.09. The van der Waals surface area contributed by atoms with Crippen LogP contribution in [0.1, 0.15) is 5.69 Å². The molecule has 0 aromatic carbocycles. The van der Waals surface area contributed by atoms with Gasteiger partial charge in [-0.3, -0.25) is 4.98 Å². The zero-order chi connectivity index (χ0) is 13.7. The van der Waals surface area contributed by atoms with Crippen molar-refractivity contribution < 1.29 is 12.8 Å². The number of halogens is 1. The smallest absolute Gasteiger partial charge is 0.261 e. The first-order valence-electron chi connectivity index (χ1n) is 5.60. The van der Waals surface area contributed by atoms with E-state index in [2.05, 4.69) is 14.7 Å². The molecule has 0 amide bonds. The second-order valence-electron chi connectivity index (χ2n) is 3.76. The molecule has 0 radical (unpaired) electrons. The van der Waals surface area contributed by atoms with Gasteiger partial charge in [-0.25, -0.2) is 22.5 Å². The van der Waals surface area contributed by atoms with Crippen LogP contribution < -0.4 is 4.72 Å². The fourth-order valence-electron chi connectivity index (χ4n) is 1.50. The van der Waals surface area contributed by atoms with Crippen LogP contribution in [-0.2, 0) is 16.4 Å². The van der Waals surface area contributed by atoms with Gasteiger partial charge in [0.1, 0.15) is 0 Å². The summed E-state index contributed by atoms with van der Waals surface area (Å²) in [7, 11) is -3.92. The summed E-state index contributed by atoms with van der Waals surface area (Å²) in [5.74, 6) is -0.868. The standard InChI is InChI=1S/C12H12FN3O2S/c13-11-5-3-8-15-12(11)19(17,18)16-9-6-10-4-1-2-7-14-10/h1-5,7-8,16H,6,9H2. The maximum atomic E-state index is 13.3. The van der Waals surface area contributed by atoms with Crippen LogP contribution in [-0.4, -0.2) is 24.9 Å². The second kappa shape index (κ2) is 5.85. The molecule has 0 aliphatic heterocycles. The number of nitrogens with one attached hydrogen (secondary N) is 1. The maximum absolute atomic E-state index is 13.3. The molecule has 0 fully saturated rings. The zero-order valence-electron chi connectivity index (χ0n) is 9.95. The van der Waals surface area contributed by atoms with Crippen molar-refractivity contribution in [2.45, 2.75) is 11.4 Å². The van der Waals surface area contributed by atoms with Crippen LogP contribution in [0, 0.1) is 5.82 Å². The Morgan fingerprint density at radius 3 is 2.58 bits per heavy atom. The molecule has 0 aliphatic rings. The van der Waals surface area contributed by atoms with Crippen molar-refractivity contribution in [3.05, 3.63) is 54.2 Å². The topological polar surface area (TPSA) is 72.0 Å². The van der Waals surface area contributed by atoms with Crippen LogP contribution in [0.2, 0.25) is 0 Å². The van der Waals surface area contributed by atoms with Crippen LogP contribution in [0.15, 0.2) is 47.8 Å². The number of rotatable bonds is 5. The van der Waals surface area contributed by atoms with Crippen molar-refractivity contribution in [2.24, 2.45) is 0 Å². The van der Waals surface area contributed by atoms with Gasteiger partial charge in [-0.2, -0.15) is 0 Å². The van der Waals surface area contributed by atoms with Crippen molar-refractivity contribution in [2.75, 3.05) is 6.54 Å². The third-order valence-corrected chi connectivity index (χ3v) is 3.77. The molecule has 0 spiro atoms. The summed E-state index contributed by atoms with van der Waals surface area (Å²) in [6.45, 7) is 0.134. The molecule has 2 rings (SSSR count). The fraction of sp³-hybridized carbons (Fsp3) is 0.167. The Labute approximate surface area is 110 Å². The van der Waals surface area contributed by atoms with E-state index in [1.165, 1.54) is 12.3 Å². The first-order chi connectivity index (χ1) is 9.09. The van der Waals surface area contributed by atoms with E-state index in [4.69, 9.17) is 0 Å². The van der Waals surface area contributed by atoms with Crippen LogP contribution >= 0.6 is 0 Å². The number of nitrogens with zero attached hydrogens (tertiary/aromatic N) is 2. The molecule has 2 aromatic rings. The van der Waals surface area contributed by atoms with Gasteiger partial charge in [0.2, 0.25) is 5.03 Å². The van der Waals surface area contributed by atoms with Gasteiger partial charge in [-0.05, 0) is 24.3 Å². The molecule has 0 atom stereocenters. The van der Waals surface area contributed by atoms with E-state index in [0.717, 1.165) is 11.8 Å². The molecule has 0 saturated heterocycles. The number of aromatic nitrogens is 2. The lowest BCUT2D eigenvalue weighted by Gasteiger charge is -2.06. The number of hydrogen-bond donors (Lipinski definition) is 1. The molecular formula is C12H12FN3O2S. The lowest BCUT2D eigenvalue weighted by Crippen LogP contribution is -2.27. The second-order valence-corrected chi connectivity index (χ2v) is 5.44. The molecule has 100 valence electrons. The summed E-state index contributed by atoms with van der Waals surface area (Å²) in [5.41, 5.74) is 0.756. The third-order valence-electron chi connectivity index (χ3n) is 2.38. The number of hydrogen-bond acceptors (Lipinski definition) is 4. The molecule has 0 unspecified atom stereocenters. The minimum absolute atomic E-state index is 0.134.